The van der Waals surface area contributed by atoms with Crippen LogP contribution in [0.25, 0.3) is 0 Å². The van der Waals surface area contributed by atoms with Crippen LogP contribution in [-0.4, -0.2) is 32.0 Å². The molecular formula is C14H24N2O2S3. The summed E-state index contributed by atoms with van der Waals surface area (Å²) < 4.78 is 27.9. The number of hydrogen-bond donors (Lipinski definition) is 2. The van der Waals surface area contributed by atoms with Crippen molar-refractivity contribution in [2.24, 2.45) is 0 Å². The summed E-state index contributed by atoms with van der Waals surface area (Å²) in [6, 6.07) is 1.71. The van der Waals surface area contributed by atoms with Crippen LogP contribution in [0, 0.1) is 0 Å². The Kier molecular flexibility index (Phi) is 6.14. The van der Waals surface area contributed by atoms with Gasteiger partial charge in [0.15, 0.2) is 0 Å². The standard InChI is InChI=1S/C14H24N2O2S3/c1-3-7-15-10-12-13(5-9-19-12)21(17,18)16-11-14(2)6-4-8-20-14/h5,9,15-16H,3-4,6-8,10-11H2,1-2H3. The van der Waals surface area contributed by atoms with Crippen molar-refractivity contribution in [2.75, 3.05) is 18.8 Å². The van der Waals surface area contributed by atoms with E-state index in [0.717, 1.165) is 30.0 Å². The third-order valence-corrected chi connectivity index (χ3v) is 7.72. The van der Waals surface area contributed by atoms with Gasteiger partial charge in [0.2, 0.25) is 10.0 Å². The highest BCUT2D eigenvalue weighted by Crippen LogP contribution is 2.37. The summed E-state index contributed by atoms with van der Waals surface area (Å²) >= 11 is 3.36. The maximum absolute atomic E-state index is 12.5. The number of thioether (sulfide) groups is 1. The molecule has 1 aromatic rings. The van der Waals surface area contributed by atoms with Crippen molar-refractivity contribution in [1.29, 1.82) is 0 Å². The van der Waals surface area contributed by atoms with Gasteiger partial charge in [0.1, 0.15) is 0 Å². The molecule has 2 rings (SSSR count). The van der Waals surface area contributed by atoms with E-state index in [1.165, 1.54) is 17.8 Å². The molecule has 1 fully saturated rings. The molecule has 1 aromatic heterocycles. The van der Waals surface area contributed by atoms with E-state index in [1.807, 2.05) is 17.1 Å². The van der Waals surface area contributed by atoms with Gasteiger partial charge in [-0.2, -0.15) is 11.8 Å². The second-order valence-electron chi connectivity index (χ2n) is 5.61. The van der Waals surface area contributed by atoms with E-state index in [9.17, 15) is 8.42 Å². The normalized spacial score (nSPS) is 22.8. The minimum atomic E-state index is -3.40. The molecule has 0 aromatic carbocycles. The molecule has 4 nitrogen and oxygen atoms in total. The van der Waals surface area contributed by atoms with Crippen molar-refractivity contribution in [3.05, 3.63) is 16.3 Å². The first-order valence-electron chi connectivity index (χ1n) is 7.37. The first-order chi connectivity index (χ1) is 9.97. The minimum Gasteiger partial charge on any atom is -0.312 e. The molecule has 7 heteroatoms. The van der Waals surface area contributed by atoms with Crippen LogP contribution in [0.3, 0.4) is 0 Å². The highest BCUT2D eigenvalue weighted by molar-refractivity contribution is 8.01. The second kappa shape index (κ2) is 7.46. The zero-order valence-electron chi connectivity index (χ0n) is 12.6. The lowest BCUT2D eigenvalue weighted by molar-refractivity contribution is 0.551. The zero-order chi connectivity index (χ0) is 15.3. The molecule has 2 heterocycles. The van der Waals surface area contributed by atoms with Gasteiger partial charge in [0.25, 0.3) is 0 Å². The molecule has 1 atom stereocenters. The first-order valence-corrected chi connectivity index (χ1v) is 10.7. The van der Waals surface area contributed by atoms with Gasteiger partial charge < -0.3 is 5.32 Å². The highest BCUT2D eigenvalue weighted by Gasteiger charge is 2.31. The largest absolute Gasteiger partial charge is 0.312 e. The van der Waals surface area contributed by atoms with Crippen molar-refractivity contribution in [3.8, 4) is 0 Å². The quantitative estimate of drug-likeness (QED) is 0.709. The molecule has 1 unspecified atom stereocenters. The maximum Gasteiger partial charge on any atom is 0.241 e. The fourth-order valence-electron chi connectivity index (χ4n) is 2.38. The third-order valence-electron chi connectivity index (χ3n) is 3.64. The molecule has 0 bridgehead atoms. The van der Waals surface area contributed by atoms with Crippen LogP contribution in [0.5, 0.6) is 0 Å². The molecule has 1 saturated heterocycles. The predicted octanol–water partition coefficient (Wildman–Crippen LogP) is 2.81. The van der Waals surface area contributed by atoms with E-state index in [1.54, 1.807) is 6.07 Å². The van der Waals surface area contributed by atoms with Gasteiger partial charge in [0, 0.05) is 22.7 Å². The first kappa shape index (κ1) is 17.3. The molecule has 0 aliphatic carbocycles. The topological polar surface area (TPSA) is 58.2 Å². The van der Waals surface area contributed by atoms with Crippen LogP contribution in [0.15, 0.2) is 16.3 Å². The Balaban J connectivity index is 2.00. The van der Waals surface area contributed by atoms with Crippen LogP contribution >= 0.6 is 23.1 Å². The van der Waals surface area contributed by atoms with Crippen molar-refractivity contribution in [1.82, 2.24) is 10.0 Å². The Morgan fingerprint density at radius 3 is 2.90 bits per heavy atom. The van der Waals surface area contributed by atoms with Gasteiger partial charge in [0.05, 0.1) is 4.90 Å². The van der Waals surface area contributed by atoms with Gasteiger partial charge in [-0.15, -0.1) is 11.3 Å². The van der Waals surface area contributed by atoms with Crippen LogP contribution in [0.2, 0.25) is 0 Å². The summed E-state index contributed by atoms with van der Waals surface area (Å²) in [6.07, 6.45) is 3.30. The van der Waals surface area contributed by atoms with Crippen LogP contribution in [-0.2, 0) is 16.6 Å². The Bertz CT molecular complexity index is 548. The number of hydrogen-bond acceptors (Lipinski definition) is 5. The van der Waals surface area contributed by atoms with Gasteiger partial charge in [-0.05, 0) is 49.9 Å². The van der Waals surface area contributed by atoms with Crippen molar-refractivity contribution in [3.63, 3.8) is 0 Å². The molecule has 21 heavy (non-hydrogen) atoms. The molecule has 0 radical (unpaired) electrons. The van der Waals surface area contributed by atoms with Crippen LogP contribution in [0.4, 0.5) is 0 Å². The van der Waals surface area contributed by atoms with Gasteiger partial charge in [-0.1, -0.05) is 6.92 Å². The molecule has 0 amide bonds. The Hall–Kier alpha value is -0.0800. The zero-order valence-corrected chi connectivity index (χ0v) is 15.1. The molecular weight excluding hydrogens is 324 g/mol. The van der Waals surface area contributed by atoms with Crippen molar-refractivity contribution < 1.29 is 8.42 Å². The fraction of sp³-hybridized carbons (Fsp3) is 0.714. The number of rotatable bonds is 8. The molecule has 0 spiro atoms. The third kappa shape index (κ3) is 4.69. The second-order valence-corrected chi connectivity index (χ2v) is 10.0. The molecule has 2 N–H and O–H groups in total. The Labute approximate surface area is 136 Å². The van der Waals surface area contributed by atoms with E-state index >= 15 is 0 Å². The minimum absolute atomic E-state index is 0.0454. The Morgan fingerprint density at radius 2 is 2.24 bits per heavy atom. The van der Waals surface area contributed by atoms with E-state index < -0.39 is 10.0 Å². The molecule has 0 saturated carbocycles. The molecule has 1 aliphatic rings. The van der Waals surface area contributed by atoms with E-state index in [-0.39, 0.29) is 4.75 Å². The van der Waals surface area contributed by atoms with Crippen molar-refractivity contribution >= 4 is 33.1 Å². The van der Waals surface area contributed by atoms with Crippen LogP contribution < -0.4 is 10.0 Å². The fourth-order valence-corrected chi connectivity index (χ4v) is 6.29. The summed E-state index contributed by atoms with van der Waals surface area (Å²) in [4.78, 5) is 1.32. The average Bonchev–Trinajstić information content (AvgIpc) is 3.07. The monoisotopic (exact) mass is 348 g/mol. The van der Waals surface area contributed by atoms with E-state index in [2.05, 4.69) is 23.9 Å². The predicted molar refractivity (Wildman–Crippen MR) is 91.6 cm³/mol. The van der Waals surface area contributed by atoms with Gasteiger partial charge in [-0.3, -0.25) is 0 Å². The van der Waals surface area contributed by atoms with E-state index in [0.29, 0.717) is 18.0 Å². The number of sulfonamides is 1. The summed E-state index contributed by atoms with van der Waals surface area (Å²) in [5.74, 6) is 1.13. The lowest BCUT2D eigenvalue weighted by Crippen LogP contribution is -2.37. The highest BCUT2D eigenvalue weighted by atomic mass is 32.2. The smallest absolute Gasteiger partial charge is 0.241 e. The molecule has 1 aliphatic heterocycles. The Morgan fingerprint density at radius 1 is 1.43 bits per heavy atom. The number of nitrogens with one attached hydrogen (secondary N) is 2. The van der Waals surface area contributed by atoms with E-state index in [4.69, 9.17) is 0 Å². The average molecular weight is 349 g/mol. The van der Waals surface area contributed by atoms with Crippen LogP contribution in [0.1, 0.15) is 38.0 Å². The SMILES string of the molecule is CCCNCc1sccc1S(=O)(=O)NCC1(C)CCCS1. The lowest BCUT2D eigenvalue weighted by Gasteiger charge is -2.22. The molecule has 120 valence electrons. The lowest BCUT2D eigenvalue weighted by atomic mass is 10.1. The summed E-state index contributed by atoms with van der Waals surface area (Å²) in [5, 5.41) is 5.12. The summed E-state index contributed by atoms with van der Waals surface area (Å²) in [6.45, 7) is 6.27. The number of thiophene rings is 1. The maximum atomic E-state index is 12.5. The van der Waals surface area contributed by atoms with Crippen molar-refractivity contribution in [2.45, 2.75) is 49.3 Å². The van der Waals surface area contributed by atoms with Gasteiger partial charge in [-0.25, -0.2) is 13.1 Å². The summed E-state index contributed by atoms with van der Waals surface area (Å²) in [7, 11) is -3.40. The van der Waals surface area contributed by atoms with Gasteiger partial charge >= 0.3 is 0 Å². The summed E-state index contributed by atoms with van der Waals surface area (Å²) in [5.41, 5.74) is 0.